The van der Waals surface area contributed by atoms with Crippen molar-refractivity contribution >= 4 is 56.8 Å². The van der Waals surface area contributed by atoms with E-state index in [1.807, 2.05) is 42.5 Å². The molecule has 2 atom stereocenters. The SMILES string of the molecule is O=C1N[C@@]2(CN(Cc3ccccc3)C[C@H]2c2ccc(Br)cc2)C(=O)N1c1cc(Cl)cc(Cl)c1. The Labute approximate surface area is 210 Å². The van der Waals surface area contributed by atoms with E-state index in [1.165, 1.54) is 0 Å². The minimum Gasteiger partial charge on any atom is -0.321 e. The topological polar surface area (TPSA) is 52.7 Å². The van der Waals surface area contributed by atoms with Crippen molar-refractivity contribution in [3.8, 4) is 0 Å². The standard InChI is InChI=1S/C25H20BrCl2N3O2/c26-18-8-6-17(7-9-18)22-14-30(13-16-4-2-1-3-5-16)15-25(22)23(32)31(24(33)29-25)21-11-19(27)10-20(28)12-21/h1-12,22H,13-15H2,(H,29,33)/t22-,25+/m0/s1. The van der Waals surface area contributed by atoms with Crippen LogP contribution in [0.25, 0.3) is 0 Å². The van der Waals surface area contributed by atoms with Crippen LogP contribution in [0.2, 0.25) is 10.0 Å². The lowest BCUT2D eigenvalue weighted by Crippen LogP contribution is -2.53. The predicted octanol–water partition coefficient (Wildman–Crippen LogP) is 5.85. The van der Waals surface area contributed by atoms with Crippen LogP contribution in [0.4, 0.5) is 10.5 Å². The van der Waals surface area contributed by atoms with E-state index in [9.17, 15) is 9.59 Å². The Bertz CT molecular complexity index is 1200. The number of hydrogen-bond acceptors (Lipinski definition) is 3. The van der Waals surface area contributed by atoms with Crippen molar-refractivity contribution < 1.29 is 9.59 Å². The summed E-state index contributed by atoms with van der Waals surface area (Å²) in [7, 11) is 0. The first kappa shape index (κ1) is 22.4. The van der Waals surface area contributed by atoms with Crippen LogP contribution >= 0.6 is 39.1 Å². The molecule has 0 unspecified atom stereocenters. The summed E-state index contributed by atoms with van der Waals surface area (Å²) >= 11 is 15.8. The Hall–Kier alpha value is -2.38. The second-order valence-electron chi connectivity index (χ2n) is 8.43. The van der Waals surface area contributed by atoms with E-state index in [2.05, 4.69) is 38.3 Å². The van der Waals surface area contributed by atoms with Crippen LogP contribution in [0, 0.1) is 0 Å². The van der Waals surface area contributed by atoms with Gasteiger partial charge in [0.15, 0.2) is 0 Å². The Kier molecular flexibility index (Phi) is 5.95. The van der Waals surface area contributed by atoms with Crippen molar-refractivity contribution in [2.24, 2.45) is 0 Å². The van der Waals surface area contributed by atoms with Gasteiger partial charge in [-0.05, 0) is 41.5 Å². The van der Waals surface area contributed by atoms with Gasteiger partial charge in [-0.3, -0.25) is 9.69 Å². The number of imide groups is 1. The number of nitrogens with zero attached hydrogens (tertiary/aromatic N) is 2. The highest BCUT2D eigenvalue weighted by Gasteiger charge is 2.60. The quantitative estimate of drug-likeness (QED) is 0.419. The first-order valence-electron chi connectivity index (χ1n) is 10.5. The second-order valence-corrected chi connectivity index (χ2v) is 10.2. The minimum absolute atomic E-state index is 0.217. The minimum atomic E-state index is -1.09. The third-order valence-corrected chi connectivity index (χ3v) is 7.22. The highest BCUT2D eigenvalue weighted by Crippen LogP contribution is 2.42. The lowest BCUT2D eigenvalue weighted by atomic mass is 9.82. The molecule has 0 saturated carbocycles. The molecule has 0 radical (unpaired) electrons. The number of rotatable bonds is 4. The van der Waals surface area contributed by atoms with Crippen molar-refractivity contribution in [3.63, 3.8) is 0 Å². The molecule has 1 N–H and O–H groups in total. The summed E-state index contributed by atoms with van der Waals surface area (Å²) in [6.07, 6.45) is 0. The molecule has 0 aliphatic carbocycles. The van der Waals surface area contributed by atoms with E-state index in [0.29, 0.717) is 35.4 Å². The number of halogens is 3. The summed E-state index contributed by atoms with van der Waals surface area (Å²) in [4.78, 5) is 30.5. The van der Waals surface area contributed by atoms with Crippen LogP contribution in [-0.2, 0) is 11.3 Å². The van der Waals surface area contributed by atoms with Crippen molar-refractivity contribution in [3.05, 3.63) is 98.4 Å². The maximum Gasteiger partial charge on any atom is 0.329 e. The fourth-order valence-electron chi connectivity index (χ4n) is 4.83. The molecule has 0 bridgehead atoms. The van der Waals surface area contributed by atoms with E-state index in [1.54, 1.807) is 18.2 Å². The average Bonchev–Trinajstić information content (AvgIpc) is 3.25. The van der Waals surface area contributed by atoms with Crippen LogP contribution < -0.4 is 10.2 Å². The summed E-state index contributed by atoms with van der Waals surface area (Å²) < 4.78 is 0.955. The Morgan fingerprint density at radius 3 is 2.30 bits per heavy atom. The Morgan fingerprint density at radius 1 is 0.970 bits per heavy atom. The zero-order valence-electron chi connectivity index (χ0n) is 17.5. The number of carbonyl (C=O) groups excluding carboxylic acids is 2. The number of carbonyl (C=O) groups is 2. The largest absolute Gasteiger partial charge is 0.329 e. The molecule has 2 aliphatic heterocycles. The normalized spacial score (nSPS) is 22.9. The van der Waals surface area contributed by atoms with Crippen LogP contribution in [0.3, 0.4) is 0 Å². The van der Waals surface area contributed by atoms with E-state index in [0.717, 1.165) is 20.5 Å². The first-order chi connectivity index (χ1) is 15.9. The summed E-state index contributed by atoms with van der Waals surface area (Å²) in [5.74, 6) is -0.514. The highest BCUT2D eigenvalue weighted by molar-refractivity contribution is 9.10. The fourth-order valence-corrected chi connectivity index (χ4v) is 5.61. The van der Waals surface area contributed by atoms with Crippen LogP contribution in [0.15, 0.2) is 77.3 Å². The van der Waals surface area contributed by atoms with Gasteiger partial charge in [0.25, 0.3) is 5.91 Å². The Morgan fingerprint density at radius 2 is 1.64 bits per heavy atom. The van der Waals surface area contributed by atoms with Gasteiger partial charge < -0.3 is 5.32 Å². The molecule has 2 saturated heterocycles. The van der Waals surface area contributed by atoms with Gasteiger partial charge in [-0.15, -0.1) is 0 Å². The fraction of sp³-hybridized carbons (Fsp3) is 0.200. The number of urea groups is 1. The Balaban J connectivity index is 1.54. The monoisotopic (exact) mass is 543 g/mol. The average molecular weight is 545 g/mol. The number of benzene rings is 3. The van der Waals surface area contributed by atoms with Crippen molar-refractivity contribution in [1.82, 2.24) is 10.2 Å². The van der Waals surface area contributed by atoms with Gasteiger partial charge in [-0.25, -0.2) is 9.69 Å². The number of amides is 3. The molecule has 8 heteroatoms. The molecule has 5 nitrogen and oxygen atoms in total. The highest BCUT2D eigenvalue weighted by atomic mass is 79.9. The van der Waals surface area contributed by atoms with Gasteiger partial charge in [0.05, 0.1) is 5.69 Å². The van der Waals surface area contributed by atoms with Gasteiger partial charge >= 0.3 is 6.03 Å². The van der Waals surface area contributed by atoms with Crippen molar-refractivity contribution in [2.75, 3.05) is 18.0 Å². The van der Waals surface area contributed by atoms with Gasteiger partial charge in [-0.1, -0.05) is 81.6 Å². The van der Waals surface area contributed by atoms with Gasteiger partial charge in [-0.2, -0.15) is 0 Å². The molecule has 3 aromatic carbocycles. The van der Waals surface area contributed by atoms with Crippen LogP contribution in [0.1, 0.15) is 17.0 Å². The third kappa shape index (κ3) is 4.17. The number of anilines is 1. The zero-order valence-corrected chi connectivity index (χ0v) is 20.6. The lowest BCUT2D eigenvalue weighted by molar-refractivity contribution is -0.122. The van der Waals surface area contributed by atoms with E-state index in [-0.39, 0.29) is 11.8 Å². The number of hydrogen-bond donors (Lipinski definition) is 1. The molecule has 5 rings (SSSR count). The predicted molar refractivity (Wildman–Crippen MR) is 134 cm³/mol. The van der Waals surface area contributed by atoms with Crippen LogP contribution in [-0.4, -0.2) is 35.5 Å². The smallest absolute Gasteiger partial charge is 0.321 e. The molecule has 2 aliphatic rings. The summed E-state index contributed by atoms with van der Waals surface area (Å²) in [5, 5.41) is 3.77. The maximum absolute atomic E-state index is 13.9. The molecular formula is C25H20BrCl2N3O2. The van der Waals surface area contributed by atoms with E-state index < -0.39 is 11.6 Å². The van der Waals surface area contributed by atoms with Gasteiger partial charge in [0.2, 0.25) is 0 Å². The molecule has 2 fully saturated rings. The van der Waals surface area contributed by atoms with Gasteiger partial charge in [0, 0.05) is 40.1 Å². The molecule has 3 amide bonds. The second kappa shape index (κ2) is 8.76. The molecular weight excluding hydrogens is 525 g/mol. The van der Waals surface area contributed by atoms with Crippen molar-refractivity contribution in [2.45, 2.75) is 18.0 Å². The molecule has 168 valence electrons. The van der Waals surface area contributed by atoms with Crippen LogP contribution in [0.5, 0.6) is 0 Å². The van der Waals surface area contributed by atoms with E-state index in [4.69, 9.17) is 23.2 Å². The first-order valence-corrected chi connectivity index (χ1v) is 12.1. The maximum atomic E-state index is 13.9. The van der Waals surface area contributed by atoms with E-state index >= 15 is 0 Å². The van der Waals surface area contributed by atoms with Crippen molar-refractivity contribution in [1.29, 1.82) is 0 Å². The molecule has 2 heterocycles. The number of nitrogens with one attached hydrogen (secondary N) is 1. The summed E-state index contributed by atoms with van der Waals surface area (Å²) in [6.45, 7) is 1.71. The lowest BCUT2D eigenvalue weighted by Gasteiger charge is -2.28. The molecule has 0 aromatic heterocycles. The van der Waals surface area contributed by atoms with Gasteiger partial charge in [0.1, 0.15) is 5.54 Å². The molecule has 33 heavy (non-hydrogen) atoms. The number of likely N-dealkylation sites (tertiary alicyclic amines) is 1. The zero-order chi connectivity index (χ0) is 23.2. The third-order valence-electron chi connectivity index (χ3n) is 6.25. The summed E-state index contributed by atoms with van der Waals surface area (Å²) in [6, 6.07) is 22.3. The summed E-state index contributed by atoms with van der Waals surface area (Å²) in [5.41, 5.74) is 1.42. The molecule has 3 aromatic rings. The molecule has 1 spiro atoms.